The first-order chi connectivity index (χ1) is 8.24. The average molecular weight is 260 g/mol. The number of pyridine rings is 1. The number of nitrogens with zero attached hydrogens (tertiary/aromatic N) is 1. The lowest BCUT2D eigenvalue weighted by Gasteiger charge is -2.08. The molecule has 96 valence electrons. The highest BCUT2D eigenvalue weighted by Gasteiger charge is 2.00. The molecule has 0 atom stereocenters. The van der Waals surface area contributed by atoms with Crippen LogP contribution in [-0.2, 0) is 9.47 Å². The van der Waals surface area contributed by atoms with E-state index in [0.29, 0.717) is 36.5 Å². The Morgan fingerprint density at radius 2 is 2.18 bits per heavy atom. The number of anilines is 2. The van der Waals surface area contributed by atoms with Crippen LogP contribution in [-0.4, -0.2) is 38.5 Å². The van der Waals surface area contributed by atoms with Gasteiger partial charge < -0.3 is 20.5 Å². The predicted octanol–water partition coefficient (Wildman–Crippen LogP) is 1.78. The number of rotatable bonds is 8. The van der Waals surface area contributed by atoms with Gasteiger partial charge in [0.05, 0.1) is 18.9 Å². The Labute approximate surface area is 106 Å². The van der Waals surface area contributed by atoms with Crippen LogP contribution in [0.2, 0.25) is 5.15 Å². The molecule has 0 amide bonds. The summed E-state index contributed by atoms with van der Waals surface area (Å²) in [6.45, 7) is 2.66. The van der Waals surface area contributed by atoms with E-state index in [1.807, 2.05) is 0 Å². The summed E-state index contributed by atoms with van der Waals surface area (Å²) >= 11 is 5.77. The number of hydrogen-bond donors (Lipinski definition) is 2. The van der Waals surface area contributed by atoms with Crippen LogP contribution in [0, 0.1) is 0 Å². The van der Waals surface area contributed by atoms with Crippen molar-refractivity contribution in [1.82, 2.24) is 4.98 Å². The van der Waals surface area contributed by atoms with Gasteiger partial charge in [-0.2, -0.15) is 0 Å². The van der Waals surface area contributed by atoms with Crippen LogP contribution in [0.1, 0.15) is 6.42 Å². The Morgan fingerprint density at radius 3 is 2.94 bits per heavy atom. The molecule has 0 aliphatic carbocycles. The van der Waals surface area contributed by atoms with E-state index in [0.717, 1.165) is 13.0 Å². The Bertz CT molecular complexity index is 336. The molecule has 5 nitrogen and oxygen atoms in total. The molecular weight excluding hydrogens is 242 g/mol. The number of aromatic nitrogens is 1. The first-order valence-electron chi connectivity index (χ1n) is 5.46. The second-order valence-electron chi connectivity index (χ2n) is 3.46. The summed E-state index contributed by atoms with van der Waals surface area (Å²) in [6, 6.07) is 3.39. The van der Waals surface area contributed by atoms with Gasteiger partial charge in [-0.3, -0.25) is 0 Å². The number of nitrogens with one attached hydrogen (secondary N) is 1. The molecule has 0 unspecified atom stereocenters. The zero-order valence-electron chi connectivity index (χ0n) is 9.91. The average Bonchev–Trinajstić information content (AvgIpc) is 2.32. The van der Waals surface area contributed by atoms with E-state index in [2.05, 4.69) is 10.3 Å². The van der Waals surface area contributed by atoms with E-state index in [1.54, 1.807) is 19.2 Å². The number of halogens is 1. The van der Waals surface area contributed by atoms with Gasteiger partial charge in [0, 0.05) is 20.3 Å². The van der Waals surface area contributed by atoms with Crippen molar-refractivity contribution in [1.29, 1.82) is 0 Å². The molecule has 1 aromatic heterocycles. The van der Waals surface area contributed by atoms with Crippen LogP contribution in [0.3, 0.4) is 0 Å². The zero-order chi connectivity index (χ0) is 12.5. The van der Waals surface area contributed by atoms with Crippen molar-refractivity contribution in [3.05, 3.63) is 17.3 Å². The van der Waals surface area contributed by atoms with Crippen molar-refractivity contribution in [2.24, 2.45) is 0 Å². The molecule has 0 spiro atoms. The van der Waals surface area contributed by atoms with E-state index >= 15 is 0 Å². The normalized spacial score (nSPS) is 10.5. The van der Waals surface area contributed by atoms with Crippen molar-refractivity contribution in [2.75, 3.05) is 44.5 Å². The maximum Gasteiger partial charge on any atom is 0.150 e. The van der Waals surface area contributed by atoms with Gasteiger partial charge >= 0.3 is 0 Å². The summed E-state index contributed by atoms with van der Waals surface area (Å²) in [5, 5.41) is 3.54. The smallest absolute Gasteiger partial charge is 0.150 e. The van der Waals surface area contributed by atoms with Crippen molar-refractivity contribution < 1.29 is 9.47 Å². The third-order valence-electron chi connectivity index (χ3n) is 2.08. The van der Waals surface area contributed by atoms with Crippen molar-refractivity contribution in [2.45, 2.75) is 6.42 Å². The molecule has 0 aliphatic rings. The first kappa shape index (κ1) is 14.0. The fourth-order valence-electron chi connectivity index (χ4n) is 1.21. The minimum atomic E-state index is 0.429. The van der Waals surface area contributed by atoms with E-state index in [9.17, 15) is 0 Å². The fourth-order valence-corrected chi connectivity index (χ4v) is 1.36. The fraction of sp³-hybridized carbons (Fsp3) is 0.545. The van der Waals surface area contributed by atoms with Gasteiger partial charge in [0.2, 0.25) is 0 Å². The number of methoxy groups -OCH3 is 1. The first-order valence-corrected chi connectivity index (χ1v) is 5.84. The van der Waals surface area contributed by atoms with Gasteiger partial charge in [-0.25, -0.2) is 4.98 Å². The van der Waals surface area contributed by atoms with Crippen LogP contribution in [0.4, 0.5) is 11.5 Å². The zero-order valence-corrected chi connectivity index (χ0v) is 10.7. The molecule has 1 rings (SSSR count). The van der Waals surface area contributed by atoms with Gasteiger partial charge in [-0.1, -0.05) is 11.6 Å². The maximum absolute atomic E-state index is 5.77. The van der Waals surface area contributed by atoms with Gasteiger partial charge in [0.25, 0.3) is 0 Å². The van der Waals surface area contributed by atoms with Gasteiger partial charge in [0.15, 0.2) is 5.82 Å². The Hall–Kier alpha value is -1.04. The molecule has 17 heavy (non-hydrogen) atoms. The Balaban J connectivity index is 2.15. The van der Waals surface area contributed by atoms with Crippen LogP contribution in [0.15, 0.2) is 12.1 Å². The monoisotopic (exact) mass is 259 g/mol. The van der Waals surface area contributed by atoms with Crippen molar-refractivity contribution >= 4 is 23.1 Å². The highest BCUT2D eigenvalue weighted by Crippen LogP contribution is 2.17. The SMILES string of the molecule is COCCOCCCNc1nc(Cl)ccc1N. The Morgan fingerprint density at radius 1 is 1.35 bits per heavy atom. The lowest BCUT2D eigenvalue weighted by atomic mass is 10.4. The molecule has 1 aromatic rings. The number of nitrogen functional groups attached to an aromatic ring is 1. The van der Waals surface area contributed by atoms with Crippen LogP contribution >= 0.6 is 11.6 Å². The van der Waals surface area contributed by atoms with E-state index < -0.39 is 0 Å². The molecule has 0 bridgehead atoms. The molecule has 3 N–H and O–H groups in total. The highest BCUT2D eigenvalue weighted by molar-refractivity contribution is 6.29. The molecular formula is C11H18ClN3O2. The third-order valence-corrected chi connectivity index (χ3v) is 2.29. The lowest BCUT2D eigenvalue weighted by molar-refractivity contribution is 0.0705. The van der Waals surface area contributed by atoms with Gasteiger partial charge in [-0.15, -0.1) is 0 Å². The summed E-state index contributed by atoms with van der Waals surface area (Å²) in [5.74, 6) is 0.620. The second-order valence-corrected chi connectivity index (χ2v) is 3.84. The number of ether oxygens (including phenoxy) is 2. The molecule has 0 saturated heterocycles. The van der Waals surface area contributed by atoms with E-state index in [-0.39, 0.29) is 0 Å². The lowest BCUT2D eigenvalue weighted by Crippen LogP contribution is -2.10. The highest BCUT2D eigenvalue weighted by atomic mass is 35.5. The summed E-state index contributed by atoms with van der Waals surface area (Å²) in [5.41, 5.74) is 6.33. The molecule has 0 radical (unpaired) electrons. The largest absolute Gasteiger partial charge is 0.396 e. The second kappa shape index (κ2) is 8.11. The molecule has 0 fully saturated rings. The van der Waals surface area contributed by atoms with Crippen LogP contribution < -0.4 is 11.1 Å². The number of nitrogens with two attached hydrogens (primary N) is 1. The van der Waals surface area contributed by atoms with Gasteiger partial charge in [-0.05, 0) is 18.6 Å². The maximum atomic E-state index is 5.77. The summed E-state index contributed by atoms with van der Waals surface area (Å²) in [4.78, 5) is 4.09. The molecule has 0 aliphatic heterocycles. The van der Waals surface area contributed by atoms with Crippen molar-refractivity contribution in [3.63, 3.8) is 0 Å². The molecule has 0 saturated carbocycles. The topological polar surface area (TPSA) is 69.4 Å². The molecule has 6 heteroatoms. The van der Waals surface area contributed by atoms with Crippen LogP contribution in [0.5, 0.6) is 0 Å². The third kappa shape index (κ3) is 5.72. The summed E-state index contributed by atoms with van der Waals surface area (Å²) in [6.07, 6.45) is 0.872. The Kier molecular flexibility index (Phi) is 6.69. The van der Waals surface area contributed by atoms with Crippen LogP contribution in [0.25, 0.3) is 0 Å². The number of hydrogen-bond acceptors (Lipinski definition) is 5. The van der Waals surface area contributed by atoms with Crippen molar-refractivity contribution in [3.8, 4) is 0 Å². The standard InChI is InChI=1S/C11H18ClN3O2/c1-16-7-8-17-6-2-5-14-11-9(13)3-4-10(12)15-11/h3-4H,2,5-8,13H2,1H3,(H,14,15). The minimum Gasteiger partial charge on any atom is -0.396 e. The molecule has 0 aromatic carbocycles. The quantitative estimate of drug-likeness (QED) is 0.550. The predicted molar refractivity (Wildman–Crippen MR) is 69.5 cm³/mol. The van der Waals surface area contributed by atoms with E-state index in [4.69, 9.17) is 26.8 Å². The summed E-state index contributed by atoms with van der Waals surface area (Å²) in [7, 11) is 1.65. The molecule has 1 heterocycles. The van der Waals surface area contributed by atoms with Gasteiger partial charge in [0.1, 0.15) is 5.15 Å². The minimum absolute atomic E-state index is 0.429. The summed E-state index contributed by atoms with van der Waals surface area (Å²) < 4.78 is 10.2. The van der Waals surface area contributed by atoms with E-state index in [1.165, 1.54) is 0 Å².